The van der Waals surface area contributed by atoms with Gasteiger partial charge in [0.05, 0.1) is 11.0 Å². The second kappa shape index (κ2) is 9.41. The lowest BCUT2D eigenvalue weighted by Crippen LogP contribution is -2.26. The molecule has 39 heavy (non-hydrogen) atoms. The summed E-state index contributed by atoms with van der Waals surface area (Å²) in [6.07, 6.45) is 3.86. The van der Waals surface area contributed by atoms with Gasteiger partial charge in [0.25, 0.3) is 0 Å². The number of nitrogens with zero attached hydrogens (tertiary/aromatic N) is 2. The molecule has 0 saturated carbocycles. The molecule has 200 valence electrons. The number of rotatable bonds is 4. The Morgan fingerprint density at radius 2 is 1.44 bits per heavy atom. The zero-order chi connectivity index (χ0) is 28.2. The largest absolute Gasteiger partial charge is 0.416 e. The zero-order valence-corrected chi connectivity index (χ0v) is 23.3. The predicted molar refractivity (Wildman–Crippen MR) is 155 cm³/mol. The van der Waals surface area contributed by atoms with E-state index in [1.54, 1.807) is 12.1 Å². The number of hydrogen-bond acceptors (Lipinski definition) is 1. The summed E-state index contributed by atoms with van der Waals surface area (Å²) in [6.45, 7) is 8.80. The molecule has 0 aliphatic carbocycles. The molecule has 5 rings (SSSR count). The summed E-state index contributed by atoms with van der Waals surface area (Å²) in [5, 5.41) is 0. The van der Waals surface area contributed by atoms with Crippen LogP contribution in [0.5, 0.6) is 0 Å². The van der Waals surface area contributed by atoms with Crippen LogP contribution in [0, 0.1) is 0 Å². The van der Waals surface area contributed by atoms with Gasteiger partial charge in [0.1, 0.15) is 7.05 Å². The standard InChI is InChI=1S/C34H34F3N2/c1-32(2)26-11-7-9-13-28(26)38(5)30(32)21-17-24(23-15-19-25(20-16-23)34(35,36)37)18-22-31-33(3,4)27-12-8-10-14-29(27)39(31)6/h7-22H,1-6H3/q+1. The molecule has 0 aromatic heterocycles. The first-order valence-electron chi connectivity index (χ1n) is 13.2. The summed E-state index contributed by atoms with van der Waals surface area (Å²) in [5.74, 6) is 0. The highest BCUT2D eigenvalue weighted by Gasteiger charge is 2.42. The van der Waals surface area contributed by atoms with Crippen LogP contribution in [0.2, 0.25) is 0 Å². The van der Waals surface area contributed by atoms with Crippen molar-refractivity contribution in [2.45, 2.75) is 44.7 Å². The van der Waals surface area contributed by atoms with Crippen LogP contribution in [0.1, 0.15) is 49.9 Å². The topological polar surface area (TPSA) is 6.25 Å². The van der Waals surface area contributed by atoms with Gasteiger partial charge in [-0.3, -0.25) is 0 Å². The Morgan fingerprint density at radius 1 is 0.821 bits per heavy atom. The first-order valence-corrected chi connectivity index (χ1v) is 13.2. The summed E-state index contributed by atoms with van der Waals surface area (Å²) in [6, 6.07) is 22.1. The van der Waals surface area contributed by atoms with Crippen molar-refractivity contribution in [3.8, 4) is 0 Å². The average molecular weight is 528 g/mol. The first-order chi connectivity index (χ1) is 18.3. The number of para-hydroxylation sites is 2. The Morgan fingerprint density at radius 3 is 2.05 bits per heavy atom. The van der Waals surface area contributed by atoms with Crippen LogP contribution in [-0.4, -0.2) is 24.4 Å². The van der Waals surface area contributed by atoms with Crippen LogP contribution < -0.4 is 4.90 Å². The third kappa shape index (κ3) is 4.54. The molecule has 0 spiro atoms. The Kier molecular flexibility index (Phi) is 6.45. The van der Waals surface area contributed by atoms with Gasteiger partial charge in [-0.2, -0.15) is 17.7 Å². The smallest absolute Gasteiger partial charge is 0.347 e. The van der Waals surface area contributed by atoms with Gasteiger partial charge in [0.15, 0.2) is 5.71 Å². The van der Waals surface area contributed by atoms with E-state index in [4.69, 9.17) is 0 Å². The van der Waals surface area contributed by atoms with Gasteiger partial charge < -0.3 is 4.90 Å². The van der Waals surface area contributed by atoms with Crippen LogP contribution in [-0.2, 0) is 17.0 Å². The van der Waals surface area contributed by atoms with Crippen LogP contribution in [0.4, 0.5) is 24.5 Å². The van der Waals surface area contributed by atoms with E-state index in [1.165, 1.54) is 11.1 Å². The van der Waals surface area contributed by atoms with Gasteiger partial charge in [0.2, 0.25) is 5.69 Å². The van der Waals surface area contributed by atoms with Crippen molar-refractivity contribution in [3.05, 3.63) is 125 Å². The van der Waals surface area contributed by atoms with Gasteiger partial charge in [0, 0.05) is 41.6 Å². The van der Waals surface area contributed by atoms with Gasteiger partial charge in [-0.25, -0.2) is 0 Å². The van der Waals surface area contributed by atoms with E-state index < -0.39 is 11.7 Å². The minimum absolute atomic E-state index is 0.207. The SMILES string of the molecule is CN1/C(=C/C=C(/C=C/C2=[N+](C)c3ccccc3C2(C)C)c2ccc(C(F)(F)F)cc2)C(C)(C)c2ccccc21. The molecular formula is C34H34F3N2+. The highest BCUT2D eigenvalue weighted by atomic mass is 19.4. The Labute approximate surface area is 229 Å². The molecule has 3 aromatic carbocycles. The predicted octanol–water partition coefficient (Wildman–Crippen LogP) is 8.66. The quantitative estimate of drug-likeness (QED) is 0.243. The summed E-state index contributed by atoms with van der Waals surface area (Å²) in [7, 11) is 4.12. The summed E-state index contributed by atoms with van der Waals surface area (Å²) in [5.41, 5.74) is 7.58. The molecule has 0 radical (unpaired) electrons. The zero-order valence-electron chi connectivity index (χ0n) is 23.3. The van der Waals surface area contributed by atoms with Crippen molar-refractivity contribution in [2.24, 2.45) is 0 Å². The minimum Gasteiger partial charge on any atom is -0.347 e. The lowest BCUT2D eigenvalue weighted by atomic mass is 9.81. The van der Waals surface area contributed by atoms with Crippen molar-refractivity contribution in [3.63, 3.8) is 0 Å². The van der Waals surface area contributed by atoms with Gasteiger partial charge in [-0.15, -0.1) is 0 Å². The Bertz CT molecular complexity index is 1550. The van der Waals surface area contributed by atoms with E-state index in [1.807, 2.05) is 24.3 Å². The molecule has 2 aliphatic rings. The number of hydrogen-bond donors (Lipinski definition) is 0. The fraction of sp³-hybridized carbons (Fsp3) is 0.265. The van der Waals surface area contributed by atoms with Crippen molar-refractivity contribution in [1.29, 1.82) is 0 Å². The van der Waals surface area contributed by atoms with Gasteiger partial charge >= 0.3 is 6.18 Å². The first kappa shape index (κ1) is 26.7. The Hall–Kier alpha value is -3.86. The van der Waals surface area contributed by atoms with Crippen molar-refractivity contribution >= 4 is 22.7 Å². The average Bonchev–Trinajstić information content (AvgIpc) is 3.22. The third-order valence-electron chi connectivity index (χ3n) is 8.27. The molecular weight excluding hydrogens is 493 g/mol. The molecule has 0 bridgehead atoms. The van der Waals surface area contributed by atoms with Crippen LogP contribution in [0.25, 0.3) is 5.57 Å². The fourth-order valence-electron chi connectivity index (χ4n) is 6.04. The lowest BCUT2D eigenvalue weighted by molar-refractivity contribution is -0.401. The summed E-state index contributed by atoms with van der Waals surface area (Å²) < 4.78 is 42.1. The molecule has 0 unspecified atom stereocenters. The number of fused-ring (bicyclic) bond motifs is 2. The summed E-state index contributed by atoms with van der Waals surface area (Å²) in [4.78, 5) is 2.19. The van der Waals surface area contributed by atoms with Crippen LogP contribution >= 0.6 is 0 Å². The van der Waals surface area contributed by atoms with E-state index in [0.717, 1.165) is 46.1 Å². The number of likely N-dealkylation sites (N-methyl/N-ethyl adjacent to an activating group) is 1. The van der Waals surface area contributed by atoms with Crippen molar-refractivity contribution < 1.29 is 17.7 Å². The molecule has 2 nitrogen and oxygen atoms in total. The molecule has 5 heteroatoms. The molecule has 0 fully saturated rings. The van der Waals surface area contributed by atoms with Crippen LogP contribution in [0.15, 0.2) is 103 Å². The number of anilines is 1. The maximum absolute atomic E-state index is 13.3. The summed E-state index contributed by atoms with van der Waals surface area (Å²) >= 11 is 0. The van der Waals surface area contributed by atoms with E-state index in [2.05, 4.69) is 99.8 Å². The monoisotopic (exact) mass is 527 g/mol. The number of halogens is 3. The third-order valence-corrected chi connectivity index (χ3v) is 8.27. The van der Waals surface area contributed by atoms with Gasteiger partial charge in [-0.1, -0.05) is 68.5 Å². The van der Waals surface area contributed by atoms with Crippen LogP contribution in [0.3, 0.4) is 0 Å². The highest BCUT2D eigenvalue weighted by Crippen LogP contribution is 2.47. The molecule has 3 aromatic rings. The van der Waals surface area contributed by atoms with E-state index >= 15 is 0 Å². The van der Waals surface area contributed by atoms with E-state index in [-0.39, 0.29) is 10.8 Å². The number of alkyl halides is 3. The van der Waals surface area contributed by atoms with E-state index in [9.17, 15) is 13.2 Å². The normalized spacial score (nSPS) is 19.3. The maximum Gasteiger partial charge on any atom is 0.416 e. The van der Waals surface area contributed by atoms with Gasteiger partial charge in [-0.05, 0) is 60.9 Å². The highest BCUT2D eigenvalue weighted by molar-refractivity contribution is 6.04. The fourth-order valence-corrected chi connectivity index (χ4v) is 6.04. The maximum atomic E-state index is 13.3. The molecule has 0 amide bonds. The molecule has 0 saturated heterocycles. The minimum atomic E-state index is -4.37. The number of allylic oxidation sites excluding steroid dienone is 6. The van der Waals surface area contributed by atoms with Crippen molar-refractivity contribution in [1.82, 2.24) is 0 Å². The lowest BCUT2D eigenvalue weighted by Gasteiger charge is -2.24. The molecule has 0 N–H and O–H groups in total. The van der Waals surface area contributed by atoms with Crippen molar-refractivity contribution in [2.75, 3.05) is 19.0 Å². The molecule has 2 heterocycles. The molecule has 0 atom stereocenters. The van der Waals surface area contributed by atoms with E-state index in [0.29, 0.717) is 0 Å². The second-order valence-electron chi connectivity index (χ2n) is 11.4. The number of benzene rings is 3. The molecule has 2 aliphatic heterocycles. The Balaban J connectivity index is 1.59. The second-order valence-corrected chi connectivity index (χ2v) is 11.4.